The molecule has 1 aromatic heterocycles. The summed E-state index contributed by atoms with van der Waals surface area (Å²) >= 11 is 0. The van der Waals surface area contributed by atoms with E-state index in [0.717, 1.165) is 0 Å². The van der Waals surface area contributed by atoms with Crippen molar-refractivity contribution in [1.29, 1.82) is 0 Å². The lowest BCUT2D eigenvalue weighted by Crippen LogP contribution is -2.33. The van der Waals surface area contributed by atoms with Crippen LogP contribution in [0.3, 0.4) is 0 Å². The van der Waals surface area contributed by atoms with Gasteiger partial charge in [0, 0.05) is 18.1 Å². The molecule has 222 valence electrons. The lowest BCUT2D eigenvalue weighted by atomic mass is 9.97. The van der Waals surface area contributed by atoms with Gasteiger partial charge < -0.3 is 0 Å². The van der Waals surface area contributed by atoms with E-state index in [1.165, 1.54) is 186 Å². The van der Waals surface area contributed by atoms with Crippen LogP contribution in [0.1, 0.15) is 199 Å². The van der Waals surface area contributed by atoms with E-state index in [0.29, 0.717) is 0 Å². The maximum absolute atomic E-state index is 2.50. The summed E-state index contributed by atoms with van der Waals surface area (Å²) < 4.78 is 2.46. The minimum atomic E-state index is 1.18. The molecule has 0 unspecified atom stereocenters. The van der Waals surface area contributed by atoms with Gasteiger partial charge in [-0.3, -0.25) is 0 Å². The summed E-state index contributed by atoms with van der Waals surface area (Å²) in [6.07, 6.45) is 44.5. The first-order chi connectivity index (χ1) is 18.8. The molecule has 0 fully saturated rings. The first-order valence-corrected chi connectivity index (χ1v) is 17.8. The van der Waals surface area contributed by atoms with Gasteiger partial charge in [-0.05, 0) is 31.2 Å². The fourth-order valence-corrected chi connectivity index (χ4v) is 5.88. The summed E-state index contributed by atoms with van der Waals surface area (Å²) in [6, 6.07) is 2.46. The second kappa shape index (κ2) is 27.7. The number of nitrogens with zero attached hydrogens (tertiary/aromatic N) is 1. The number of rotatable bonds is 29. The summed E-state index contributed by atoms with van der Waals surface area (Å²) in [5, 5.41) is 0. The summed E-state index contributed by atoms with van der Waals surface area (Å²) in [7, 11) is 0. The van der Waals surface area contributed by atoms with Gasteiger partial charge in [-0.15, -0.1) is 0 Å². The molecule has 0 aliphatic heterocycles. The number of aromatic nitrogens is 1. The molecule has 1 nitrogen and oxygen atoms in total. The highest BCUT2D eigenvalue weighted by molar-refractivity contribution is 5.21. The minimum Gasteiger partial charge on any atom is -0.205 e. The summed E-state index contributed by atoms with van der Waals surface area (Å²) in [5.74, 6) is 0. The molecule has 0 atom stereocenters. The zero-order chi connectivity index (χ0) is 27.4. The number of pyridine rings is 1. The van der Waals surface area contributed by atoms with Crippen LogP contribution in [0.25, 0.3) is 0 Å². The van der Waals surface area contributed by atoms with Crippen molar-refractivity contribution in [2.75, 3.05) is 0 Å². The maximum Gasteiger partial charge on any atom is 0.172 e. The van der Waals surface area contributed by atoms with Gasteiger partial charge in [0.25, 0.3) is 0 Å². The van der Waals surface area contributed by atoms with Crippen molar-refractivity contribution in [1.82, 2.24) is 0 Å². The standard InChI is InChI=1S/C37H70N/c1-4-7-10-12-14-16-18-20-22-24-26-28-30-36-32-34-38(33-9-6-3)35-37(36)31-29-27-25-23-21-19-17-15-13-11-8-5-2/h32,34-35H,4-31,33H2,1-3H3/q+1. The molecular weight excluding hydrogens is 458 g/mol. The van der Waals surface area contributed by atoms with Crippen LogP contribution in [0.4, 0.5) is 0 Å². The maximum atomic E-state index is 2.50. The van der Waals surface area contributed by atoms with Crippen LogP contribution >= 0.6 is 0 Å². The van der Waals surface area contributed by atoms with Crippen LogP contribution in [0.5, 0.6) is 0 Å². The molecule has 0 aromatic carbocycles. The third-order valence-corrected chi connectivity index (χ3v) is 8.57. The van der Waals surface area contributed by atoms with E-state index >= 15 is 0 Å². The Morgan fingerprint density at radius 1 is 0.395 bits per heavy atom. The molecule has 1 rings (SSSR count). The number of aryl methyl sites for hydroxylation is 3. The monoisotopic (exact) mass is 529 g/mol. The fraction of sp³-hybridized carbons (Fsp3) is 0.865. The van der Waals surface area contributed by atoms with E-state index in [9.17, 15) is 0 Å². The lowest BCUT2D eigenvalue weighted by Gasteiger charge is -2.09. The molecule has 0 saturated carbocycles. The molecule has 0 spiro atoms. The molecule has 1 aromatic rings. The van der Waals surface area contributed by atoms with Crippen molar-refractivity contribution in [3.63, 3.8) is 0 Å². The van der Waals surface area contributed by atoms with Crippen molar-refractivity contribution < 1.29 is 4.57 Å². The molecule has 0 bridgehead atoms. The molecule has 0 aliphatic rings. The normalized spacial score (nSPS) is 11.4. The van der Waals surface area contributed by atoms with Crippen molar-refractivity contribution in [3.05, 3.63) is 29.6 Å². The quantitative estimate of drug-likeness (QED) is 0.0719. The van der Waals surface area contributed by atoms with Crippen LogP contribution in [-0.4, -0.2) is 0 Å². The van der Waals surface area contributed by atoms with Gasteiger partial charge in [-0.25, -0.2) is 4.57 Å². The molecule has 1 heterocycles. The van der Waals surface area contributed by atoms with E-state index in [2.05, 4.69) is 43.8 Å². The minimum absolute atomic E-state index is 1.18. The van der Waals surface area contributed by atoms with Crippen LogP contribution in [0, 0.1) is 0 Å². The average Bonchev–Trinajstić information content (AvgIpc) is 2.93. The Morgan fingerprint density at radius 3 is 1.13 bits per heavy atom. The van der Waals surface area contributed by atoms with Crippen LogP contribution in [0.15, 0.2) is 18.5 Å². The van der Waals surface area contributed by atoms with E-state index in [1.807, 2.05) is 0 Å². The first kappa shape index (κ1) is 35.2. The highest BCUT2D eigenvalue weighted by atomic mass is 14.9. The highest BCUT2D eigenvalue weighted by Crippen LogP contribution is 2.18. The molecule has 0 aliphatic carbocycles. The van der Waals surface area contributed by atoms with Crippen molar-refractivity contribution in [2.24, 2.45) is 0 Å². The van der Waals surface area contributed by atoms with Crippen molar-refractivity contribution >= 4 is 0 Å². The topological polar surface area (TPSA) is 3.88 Å². The number of unbranched alkanes of at least 4 members (excludes halogenated alkanes) is 23. The Bertz CT molecular complexity index is 607. The second-order valence-corrected chi connectivity index (χ2v) is 12.4. The molecule has 38 heavy (non-hydrogen) atoms. The number of hydrogen-bond donors (Lipinski definition) is 0. The third-order valence-electron chi connectivity index (χ3n) is 8.57. The van der Waals surface area contributed by atoms with Crippen LogP contribution in [-0.2, 0) is 19.4 Å². The smallest absolute Gasteiger partial charge is 0.172 e. The van der Waals surface area contributed by atoms with E-state index in [-0.39, 0.29) is 0 Å². The molecule has 0 saturated heterocycles. The van der Waals surface area contributed by atoms with Crippen molar-refractivity contribution in [2.45, 2.75) is 207 Å². The van der Waals surface area contributed by atoms with E-state index in [1.54, 1.807) is 11.1 Å². The first-order valence-electron chi connectivity index (χ1n) is 17.8. The van der Waals surface area contributed by atoms with Crippen LogP contribution in [0.2, 0.25) is 0 Å². The molecule has 0 radical (unpaired) electrons. The van der Waals surface area contributed by atoms with Crippen molar-refractivity contribution in [3.8, 4) is 0 Å². The molecule has 0 amide bonds. The third kappa shape index (κ3) is 21.0. The molecular formula is C37H70N+. The van der Waals surface area contributed by atoms with Gasteiger partial charge in [0.1, 0.15) is 6.54 Å². The number of hydrogen-bond acceptors (Lipinski definition) is 0. The largest absolute Gasteiger partial charge is 0.205 e. The Labute approximate surface area is 241 Å². The SMILES string of the molecule is CCCCCCCCCCCCCCc1cc[n+](CCCC)cc1CCCCCCCCCCCCCC. The predicted octanol–water partition coefficient (Wildman–Crippen LogP) is 12.3. The Hall–Kier alpha value is -0.850. The Kier molecular flexibility index (Phi) is 25.6. The zero-order valence-corrected chi connectivity index (χ0v) is 26.7. The van der Waals surface area contributed by atoms with Gasteiger partial charge in [-0.2, -0.15) is 0 Å². The fourth-order valence-electron chi connectivity index (χ4n) is 5.88. The summed E-state index contributed by atoms with van der Waals surface area (Å²) in [6.45, 7) is 8.10. The highest BCUT2D eigenvalue weighted by Gasteiger charge is 2.09. The predicted molar refractivity (Wildman–Crippen MR) is 171 cm³/mol. The van der Waals surface area contributed by atoms with Gasteiger partial charge in [0.2, 0.25) is 0 Å². The van der Waals surface area contributed by atoms with Gasteiger partial charge in [-0.1, -0.05) is 168 Å². The zero-order valence-electron chi connectivity index (χ0n) is 26.7. The summed E-state index contributed by atoms with van der Waals surface area (Å²) in [5.41, 5.74) is 3.30. The Morgan fingerprint density at radius 2 is 0.737 bits per heavy atom. The van der Waals surface area contributed by atoms with Crippen LogP contribution < -0.4 is 4.57 Å². The van der Waals surface area contributed by atoms with Gasteiger partial charge >= 0.3 is 0 Å². The Balaban J connectivity index is 2.20. The van der Waals surface area contributed by atoms with E-state index < -0.39 is 0 Å². The molecule has 1 heteroatoms. The molecule has 0 N–H and O–H groups in total. The lowest BCUT2D eigenvalue weighted by molar-refractivity contribution is -0.697. The average molecular weight is 529 g/mol. The van der Waals surface area contributed by atoms with E-state index in [4.69, 9.17) is 0 Å². The van der Waals surface area contributed by atoms with Gasteiger partial charge in [0.05, 0.1) is 0 Å². The second-order valence-electron chi connectivity index (χ2n) is 12.4. The summed E-state index contributed by atoms with van der Waals surface area (Å²) in [4.78, 5) is 0. The van der Waals surface area contributed by atoms with Gasteiger partial charge in [0.15, 0.2) is 12.4 Å².